The molecule has 1 rings (SSSR count). The van der Waals surface area contributed by atoms with Crippen LogP contribution in [0.1, 0.15) is 31.1 Å². The van der Waals surface area contributed by atoms with Crippen molar-refractivity contribution >= 4 is 27.9 Å². The molecule has 0 spiro atoms. The predicted molar refractivity (Wildman–Crippen MR) is 89.1 cm³/mol. The summed E-state index contributed by atoms with van der Waals surface area (Å²) < 4.78 is 44.8. The molecule has 26 heavy (non-hydrogen) atoms. The number of nitrogens with zero attached hydrogens (tertiary/aromatic N) is 1. The van der Waals surface area contributed by atoms with Gasteiger partial charge in [-0.15, -0.1) is 0 Å². The minimum Gasteiger partial charge on any atom is -0.449 e. The third-order valence-corrected chi connectivity index (χ3v) is 5.45. The van der Waals surface area contributed by atoms with Gasteiger partial charge in [-0.25, -0.2) is 22.4 Å². The fourth-order valence-electron chi connectivity index (χ4n) is 2.04. The summed E-state index contributed by atoms with van der Waals surface area (Å²) in [6.07, 6.45) is -1.37. The largest absolute Gasteiger partial charge is 0.449 e. The van der Waals surface area contributed by atoms with E-state index in [-0.39, 0.29) is 18.7 Å². The number of benzene rings is 1. The van der Waals surface area contributed by atoms with Gasteiger partial charge < -0.3 is 10.5 Å². The standard InChI is InChI=1S/C15H20FN3O6S/c1-4-19(5-2)26(23,24)12-8-10(6-7-11(12)16)14(21)25-9(3)13(20)18-15(17)22/h6-9H,4-5H2,1-3H3,(H3,17,18,20,22). The number of hydrogen-bond acceptors (Lipinski definition) is 6. The fourth-order valence-corrected chi connectivity index (χ4v) is 3.58. The molecule has 0 fully saturated rings. The Balaban J connectivity index is 3.11. The van der Waals surface area contributed by atoms with Gasteiger partial charge in [-0.2, -0.15) is 4.31 Å². The number of rotatable bonds is 7. The number of amides is 3. The highest BCUT2D eigenvalue weighted by atomic mass is 32.2. The number of hydrogen-bond donors (Lipinski definition) is 2. The summed E-state index contributed by atoms with van der Waals surface area (Å²) in [5.74, 6) is -3.04. The van der Waals surface area contributed by atoms with Crippen molar-refractivity contribution in [2.45, 2.75) is 31.8 Å². The van der Waals surface area contributed by atoms with E-state index in [1.807, 2.05) is 0 Å². The van der Waals surface area contributed by atoms with Gasteiger partial charge in [0.1, 0.15) is 10.7 Å². The van der Waals surface area contributed by atoms with Crippen LogP contribution >= 0.6 is 0 Å². The normalized spacial score (nSPS) is 12.5. The molecule has 1 unspecified atom stereocenters. The average Bonchev–Trinajstić information content (AvgIpc) is 2.55. The zero-order chi connectivity index (χ0) is 20.1. The molecule has 3 amide bonds. The number of esters is 1. The lowest BCUT2D eigenvalue weighted by atomic mass is 10.2. The molecule has 1 aromatic rings. The van der Waals surface area contributed by atoms with Gasteiger partial charge in [-0.05, 0) is 25.1 Å². The number of nitrogens with two attached hydrogens (primary N) is 1. The molecular weight excluding hydrogens is 369 g/mol. The first-order chi connectivity index (χ1) is 12.0. The SMILES string of the molecule is CCN(CC)S(=O)(=O)c1cc(C(=O)OC(C)C(=O)NC(N)=O)ccc1F. The molecule has 0 saturated heterocycles. The molecule has 0 bridgehead atoms. The second-order valence-electron chi connectivity index (χ2n) is 5.14. The maximum absolute atomic E-state index is 14.0. The number of ether oxygens (including phenoxy) is 1. The number of halogens is 1. The molecule has 0 radical (unpaired) electrons. The lowest BCUT2D eigenvalue weighted by Crippen LogP contribution is -2.42. The minimum atomic E-state index is -4.14. The first kappa shape index (κ1) is 21.5. The molecule has 0 saturated carbocycles. The van der Waals surface area contributed by atoms with Gasteiger partial charge in [0, 0.05) is 13.1 Å². The predicted octanol–water partition coefficient (Wildman–Crippen LogP) is 0.596. The van der Waals surface area contributed by atoms with Crippen LogP contribution in [-0.4, -0.2) is 49.8 Å². The molecule has 0 heterocycles. The number of carbonyl (C=O) groups is 3. The number of carbonyl (C=O) groups excluding carboxylic acids is 3. The molecule has 144 valence electrons. The van der Waals surface area contributed by atoms with E-state index in [1.54, 1.807) is 19.2 Å². The van der Waals surface area contributed by atoms with Crippen LogP contribution in [0.5, 0.6) is 0 Å². The number of sulfonamides is 1. The van der Waals surface area contributed by atoms with Crippen LogP contribution in [0.3, 0.4) is 0 Å². The summed E-state index contributed by atoms with van der Waals surface area (Å²) in [4.78, 5) is 33.6. The van der Waals surface area contributed by atoms with E-state index < -0.39 is 44.7 Å². The van der Waals surface area contributed by atoms with Gasteiger partial charge >= 0.3 is 12.0 Å². The minimum absolute atomic E-state index is 0.122. The van der Waals surface area contributed by atoms with Gasteiger partial charge in [0.15, 0.2) is 6.10 Å². The van der Waals surface area contributed by atoms with Crippen molar-refractivity contribution in [2.75, 3.05) is 13.1 Å². The van der Waals surface area contributed by atoms with Crippen LogP contribution in [0.15, 0.2) is 23.1 Å². The summed E-state index contributed by atoms with van der Waals surface area (Å²) in [5, 5.41) is 1.73. The van der Waals surface area contributed by atoms with Crippen molar-refractivity contribution < 1.29 is 31.9 Å². The van der Waals surface area contributed by atoms with Crippen LogP contribution in [-0.2, 0) is 19.6 Å². The van der Waals surface area contributed by atoms with Crippen molar-refractivity contribution in [1.82, 2.24) is 9.62 Å². The molecule has 0 aromatic heterocycles. The first-order valence-electron chi connectivity index (χ1n) is 7.65. The number of primary amides is 1. The molecule has 3 N–H and O–H groups in total. The molecule has 1 aromatic carbocycles. The van der Waals surface area contributed by atoms with Gasteiger partial charge in [-0.3, -0.25) is 10.1 Å². The van der Waals surface area contributed by atoms with E-state index in [9.17, 15) is 27.2 Å². The first-order valence-corrected chi connectivity index (χ1v) is 9.09. The fraction of sp³-hybridized carbons (Fsp3) is 0.400. The molecule has 0 aliphatic rings. The van der Waals surface area contributed by atoms with E-state index in [1.165, 1.54) is 6.92 Å². The quantitative estimate of drug-likeness (QED) is 0.655. The molecule has 0 aliphatic heterocycles. The van der Waals surface area contributed by atoms with Gasteiger partial charge in [0.25, 0.3) is 5.91 Å². The van der Waals surface area contributed by atoms with Crippen molar-refractivity contribution in [3.8, 4) is 0 Å². The van der Waals surface area contributed by atoms with Crippen LogP contribution in [0.25, 0.3) is 0 Å². The number of imide groups is 1. The lowest BCUT2D eigenvalue weighted by molar-refractivity contribution is -0.127. The average molecular weight is 389 g/mol. The molecular formula is C15H20FN3O6S. The second kappa shape index (κ2) is 8.72. The Morgan fingerprint density at radius 3 is 2.35 bits per heavy atom. The lowest BCUT2D eigenvalue weighted by Gasteiger charge is -2.19. The van der Waals surface area contributed by atoms with E-state index in [0.717, 1.165) is 22.5 Å². The summed E-state index contributed by atoms with van der Waals surface area (Å²) in [5.41, 5.74) is 4.52. The summed E-state index contributed by atoms with van der Waals surface area (Å²) >= 11 is 0. The zero-order valence-corrected chi connectivity index (χ0v) is 15.3. The van der Waals surface area contributed by atoms with Crippen LogP contribution < -0.4 is 11.1 Å². The summed E-state index contributed by atoms with van der Waals surface area (Å²) in [7, 11) is -4.14. The maximum Gasteiger partial charge on any atom is 0.338 e. The van der Waals surface area contributed by atoms with Crippen LogP contribution in [0, 0.1) is 5.82 Å². The molecule has 1 atom stereocenters. The Bertz CT molecular complexity index is 808. The van der Waals surface area contributed by atoms with E-state index in [0.29, 0.717) is 0 Å². The smallest absolute Gasteiger partial charge is 0.338 e. The highest BCUT2D eigenvalue weighted by Gasteiger charge is 2.27. The van der Waals surface area contributed by atoms with Crippen LogP contribution in [0.2, 0.25) is 0 Å². The topological polar surface area (TPSA) is 136 Å². The Labute approximate surface area is 150 Å². The van der Waals surface area contributed by atoms with Crippen LogP contribution in [0.4, 0.5) is 9.18 Å². The third kappa shape index (κ3) is 4.99. The van der Waals surface area contributed by atoms with E-state index in [4.69, 9.17) is 10.5 Å². The van der Waals surface area contributed by atoms with E-state index in [2.05, 4.69) is 0 Å². The van der Waals surface area contributed by atoms with E-state index >= 15 is 0 Å². The molecule has 0 aliphatic carbocycles. The number of urea groups is 1. The van der Waals surface area contributed by atoms with Crippen molar-refractivity contribution in [3.05, 3.63) is 29.6 Å². The molecule has 9 nitrogen and oxygen atoms in total. The second-order valence-corrected chi connectivity index (χ2v) is 7.04. The third-order valence-electron chi connectivity index (χ3n) is 3.39. The highest BCUT2D eigenvalue weighted by Crippen LogP contribution is 2.21. The monoisotopic (exact) mass is 389 g/mol. The summed E-state index contributed by atoms with van der Waals surface area (Å²) in [6.45, 7) is 4.62. The maximum atomic E-state index is 14.0. The summed E-state index contributed by atoms with van der Waals surface area (Å²) in [6, 6.07) is 1.57. The Hall–Kier alpha value is -2.53. The van der Waals surface area contributed by atoms with Crippen molar-refractivity contribution in [2.24, 2.45) is 5.73 Å². The van der Waals surface area contributed by atoms with Gasteiger partial charge in [-0.1, -0.05) is 13.8 Å². The van der Waals surface area contributed by atoms with Crippen molar-refractivity contribution in [1.29, 1.82) is 0 Å². The Morgan fingerprint density at radius 2 is 1.85 bits per heavy atom. The Kier molecular flexibility index (Phi) is 7.21. The number of nitrogens with one attached hydrogen (secondary N) is 1. The Morgan fingerprint density at radius 1 is 1.27 bits per heavy atom. The zero-order valence-electron chi connectivity index (χ0n) is 14.5. The molecule has 11 heteroatoms. The van der Waals surface area contributed by atoms with Gasteiger partial charge in [0.2, 0.25) is 10.0 Å². The van der Waals surface area contributed by atoms with Gasteiger partial charge in [0.05, 0.1) is 5.56 Å². The van der Waals surface area contributed by atoms with Crippen molar-refractivity contribution in [3.63, 3.8) is 0 Å². The highest BCUT2D eigenvalue weighted by molar-refractivity contribution is 7.89.